The Bertz CT molecular complexity index is 592. The first-order valence-corrected chi connectivity index (χ1v) is 7.31. The summed E-state index contributed by atoms with van der Waals surface area (Å²) in [6.45, 7) is 3.67. The van der Waals surface area contributed by atoms with Crippen molar-refractivity contribution in [2.75, 3.05) is 19.6 Å². The molecule has 2 amide bonds. The molecule has 0 bridgehead atoms. The fourth-order valence-electron chi connectivity index (χ4n) is 3.25. The van der Waals surface area contributed by atoms with Crippen LogP contribution in [0.1, 0.15) is 35.2 Å². The van der Waals surface area contributed by atoms with Crippen molar-refractivity contribution < 1.29 is 14.0 Å². The van der Waals surface area contributed by atoms with Crippen LogP contribution in [0.15, 0.2) is 18.2 Å². The van der Waals surface area contributed by atoms with Crippen LogP contribution in [0.4, 0.5) is 4.39 Å². The predicted octanol–water partition coefficient (Wildman–Crippen LogP) is 1.88. The first-order chi connectivity index (χ1) is 9.99. The highest BCUT2D eigenvalue weighted by Gasteiger charge is 2.41. The molecule has 1 aromatic rings. The summed E-state index contributed by atoms with van der Waals surface area (Å²) >= 11 is 0. The summed E-state index contributed by atoms with van der Waals surface area (Å²) in [6.07, 6.45) is 2.14. The molecule has 21 heavy (non-hydrogen) atoms. The average molecular weight is 290 g/mol. The molecule has 0 aromatic heterocycles. The number of hydrogen-bond acceptors (Lipinski definition) is 2. The summed E-state index contributed by atoms with van der Waals surface area (Å²) in [5.74, 6) is -0.614. The maximum absolute atomic E-state index is 13.9. The highest BCUT2D eigenvalue weighted by molar-refractivity contribution is 5.94. The van der Waals surface area contributed by atoms with Crippen molar-refractivity contribution >= 4 is 11.8 Å². The van der Waals surface area contributed by atoms with E-state index in [1.54, 1.807) is 24.0 Å². The maximum Gasteiger partial charge on any atom is 0.256 e. The monoisotopic (exact) mass is 290 g/mol. The Labute approximate surface area is 123 Å². The molecular weight excluding hydrogens is 271 g/mol. The Hall–Kier alpha value is -1.91. The van der Waals surface area contributed by atoms with Crippen LogP contribution in [0.3, 0.4) is 0 Å². The molecule has 2 aliphatic rings. The summed E-state index contributed by atoms with van der Waals surface area (Å²) in [6, 6.07) is 4.69. The van der Waals surface area contributed by atoms with Crippen LogP contribution in [-0.2, 0) is 4.79 Å². The van der Waals surface area contributed by atoms with Crippen molar-refractivity contribution in [3.8, 4) is 0 Å². The molecule has 0 aliphatic carbocycles. The number of piperidine rings is 1. The van der Waals surface area contributed by atoms with E-state index in [0.717, 1.165) is 18.4 Å². The van der Waals surface area contributed by atoms with Crippen LogP contribution in [0.25, 0.3) is 0 Å². The van der Waals surface area contributed by atoms with Crippen molar-refractivity contribution in [3.05, 3.63) is 35.1 Å². The fraction of sp³-hybridized carbons (Fsp3) is 0.500. The number of nitrogens with zero attached hydrogens (tertiary/aromatic N) is 1. The lowest BCUT2D eigenvalue weighted by molar-refractivity contribution is -0.119. The zero-order valence-electron chi connectivity index (χ0n) is 12.1. The summed E-state index contributed by atoms with van der Waals surface area (Å²) in [4.78, 5) is 25.5. The Balaban J connectivity index is 1.69. The molecule has 2 saturated heterocycles. The van der Waals surface area contributed by atoms with E-state index in [-0.39, 0.29) is 22.8 Å². The van der Waals surface area contributed by atoms with E-state index >= 15 is 0 Å². The third-order valence-corrected chi connectivity index (χ3v) is 4.66. The second-order valence-electron chi connectivity index (χ2n) is 6.23. The molecule has 2 fully saturated rings. The summed E-state index contributed by atoms with van der Waals surface area (Å²) in [7, 11) is 0. The van der Waals surface area contributed by atoms with Crippen LogP contribution in [0.2, 0.25) is 0 Å². The van der Waals surface area contributed by atoms with Crippen LogP contribution in [0.5, 0.6) is 0 Å². The Morgan fingerprint density at radius 2 is 2.05 bits per heavy atom. The van der Waals surface area contributed by atoms with E-state index in [4.69, 9.17) is 0 Å². The normalized spacial score (nSPS) is 20.7. The number of hydrogen-bond donors (Lipinski definition) is 1. The molecule has 1 spiro atoms. The lowest BCUT2D eigenvalue weighted by Crippen LogP contribution is -2.44. The first kappa shape index (κ1) is 14.0. The van der Waals surface area contributed by atoms with E-state index in [2.05, 4.69) is 5.32 Å². The fourth-order valence-corrected chi connectivity index (χ4v) is 3.25. The molecule has 112 valence electrons. The van der Waals surface area contributed by atoms with Gasteiger partial charge in [0.15, 0.2) is 0 Å². The second-order valence-corrected chi connectivity index (χ2v) is 6.23. The Morgan fingerprint density at radius 1 is 1.33 bits per heavy atom. The Morgan fingerprint density at radius 3 is 2.62 bits per heavy atom. The molecule has 0 saturated carbocycles. The van der Waals surface area contributed by atoms with Gasteiger partial charge in [-0.15, -0.1) is 0 Å². The SMILES string of the molecule is Cc1ccc(C(=O)N2CCC3(CC2)CNC(=O)C3)c(F)c1. The van der Waals surface area contributed by atoms with Crippen molar-refractivity contribution in [1.82, 2.24) is 10.2 Å². The quantitative estimate of drug-likeness (QED) is 0.858. The number of aryl methyl sites for hydroxylation is 1. The molecule has 5 heteroatoms. The number of halogens is 1. The van der Waals surface area contributed by atoms with Crippen LogP contribution in [-0.4, -0.2) is 36.3 Å². The lowest BCUT2D eigenvalue weighted by Gasteiger charge is -2.38. The lowest BCUT2D eigenvalue weighted by atomic mass is 9.77. The minimum absolute atomic E-state index is 0.000314. The van der Waals surface area contributed by atoms with Gasteiger partial charge in [0.25, 0.3) is 5.91 Å². The van der Waals surface area contributed by atoms with Crippen molar-refractivity contribution in [2.24, 2.45) is 5.41 Å². The largest absolute Gasteiger partial charge is 0.356 e. The number of benzene rings is 1. The topological polar surface area (TPSA) is 49.4 Å². The highest BCUT2D eigenvalue weighted by atomic mass is 19.1. The standard InChI is InChI=1S/C16H19FN2O2/c1-11-2-3-12(13(17)8-11)15(21)19-6-4-16(5-7-19)9-14(20)18-10-16/h2-3,8H,4-7,9-10H2,1H3,(H,18,20). The molecule has 1 N–H and O–H groups in total. The number of likely N-dealkylation sites (tertiary alicyclic amines) is 1. The second kappa shape index (κ2) is 5.13. The molecule has 0 unspecified atom stereocenters. The zero-order chi connectivity index (χ0) is 15.0. The third kappa shape index (κ3) is 2.64. The van der Waals surface area contributed by atoms with Gasteiger partial charge in [0, 0.05) is 26.1 Å². The van der Waals surface area contributed by atoms with E-state index in [1.807, 2.05) is 0 Å². The summed E-state index contributed by atoms with van der Waals surface area (Å²) in [5.41, 5.74) is 0.939. The minimum atomic E-state index is -0.460. The van der Waals surface area contributed by atoms with Gasteiger partial charge >= 0.3 is 0 Å². The van der Waals surface area contributed by atoms with Gasteiger partial charge in [-0.1, -0.05) is 6.07 Å². The van der Waals surface area contributed by atoms with Crippen molar-refractivity contribution in [2.45, 2.75) is 26.2 Å². The van der Waals surface area contributed by atoms with E-state index in [9.17, 15) is 14.0 Å². The first-order valence-electron chi connectivity index (χ1n) is 7.31. The van der Waals surface area contributed by atoms with Crippen molar-refractivity contribution in [3.63, 3.8) is 0 Å². The minimum Gasteiger partial charge on any atom is -0.356 e. The Kier molecular flexibility index (Phi) is 3.43. The van der Waals surface area contributed by atoms with Gasteiger partial charge in [-0.3, -0.25) is 9.59 Å². The number of rotatable bonds is 1. The van der Waals surface area contributed by atoms with Gasteiger partial charge < -0.3 is 10.2 Å². The molecule has 0 radical (unpaired) electrons. The van der Waals surface area contributed by atoms with Gasteiger partial charge in [0.05, 0.1) is 5.56 Å². The third-order valence-electron chi connectivity index (χ3n) is 4.66. The van der Waals surface area contributed by atoms with Gasteiger partial charge in [-0.25, -0.2) is 4.39 Å². The van der Waals surface area contributed by atoms with E-state index in [1.165, 1.54) is 6.07 Å². The van der Waals surface area contributed by atoms with E-state index < -0.39 is 5.82 Å². The van der Waals surface area contributed by atoms with Gasteiger partial charge in [-0.2, -0.15) is 0 Å². The van der Waals surface area contributed by atoms with Gasteiger partial charge in [0.2, 0.25) is 5.91 Å². The molecule has 2 heterocycles. The smallest absolute Gasteiger partial charge is 0.256 e. The van der Waals surface area contributed by atoms with Gasteiger partial charge in [0.1, 0.15) is 5.82 Å². The molecule has 3 rings (SSSR count). The predicted molar refractivity (Wildman–Crippen MR) is 76.3 cm³/mol. The molecular formula is C16H19FN2O2. The van der Waals surface area contributed by atoms with Gasteiger partial charge in [-0.05, 0) is 42.9 Å². The zero-order valence-corrected chi connectivity index (χ0v) is 12.1. The highest BCUT2D eigenvalue weighted by Crippen LogP contribution is 2.37. The van der Waals surface area contributed by atoms with Crippen molar-refractivity contribution in [1.29, 1.82) is 0 Å². The molecule has 2 aliphatic heterocycles. The van der Waals surface area contributed by atoms with Crippen LogP contribution >= 0.6 is 0 Å². The summed E-state index contributed by atoms with van der Waals surface area (Å²) < 4.78 is 13.9. The number of carbonyl (C=O) groups excluding carboxylic acids is 2. The molecule has 4 nitrogen and oxygen atoms in total. The average Bonchev–Trinajstić information content (AvgIpc) is 2.80. The molecule has 0 atom stereocenters. The maximum atomic E-state index is 13.9. The van der Waals surface area contributed by atoms with Crippen LogP contribution < -0.4 is 5.32 Å². The van der Waals surface area contributed by atoms with E-state index in [0.29, 0.717) is 26.1 Å². The summed E-state index contributed by atoms with van der Waals surface area (Å²) in [5, 5.41) is 2.87. The molecule has 1 aromatic carbocycles. The number of amides is 2. The number of nitrogens with one attached hydrogen (secondary N) is 1. The number of carbonyl (C=O) groups is 2. The van der Waals surface area contributed by atoms with Crippen LogP contribution in [0, 0.1) is 18.2 Å².